The molecule has 0 aliphatic carbocycles. The second-order valence-electron chi connectivity index (χ2n) is 2.97. The molecule has 0 saturated carbocycles. The van der Waals surface area contributed by atoms with Gasteiger partial charge in [0.2, 0.25) is 0 Å². The van der Waals surface area contributed by atoms with Gasteiger partial charge in [-0.1, -0.05) is 0 Å². The van der Waals surface area contributed by atoms with Crippen molar-refractivity contribution in [1.82, 2.24) is 15.2 Å². The number of hydrogen-bond donors (Lipinski definition) is 2. The van der Waals surface area contributed by atoms with E-state index in [1.165, 1.54) is 6.33 Å². The first kappa shape index (κ1) is 9.21. The van der Waals surface area contributed by atoms with E-state index in [9.17, 15) is 0 Å². The number of anilines is 1. The quantitative estimate of drug-likeness (QED) is 0.780. The van der Waals surface area contributed by atoms with Gasteiger partial charge in [-0.2, -0.15) is 10.4 Å². The second kappa shape index (κ2) is 4.24. The highest BCUT2D eigenvalue weighted by Crippen LogP contribution is 2.09. The molecule has 0 aliphatic rings. The Morgan fingerprint density at radius 2 is 2.13 bits per heavy atom. The van der Waals surface area contributed by atoms with Crippen LogP contribution in [0.25, 0.3) is 0 Å². The molecule has 1 heterocycles. The Bertz CT molecular complexity index is 452. The van der Waals surface area contributed by atoms with Crippen molar-refractivity contribution in [3.63, 3.8) is 0 Å². The van der Waals surface area contributed by atoms with Crippen molar-refractivity contribution in [2.24, 2.45) is 0 Å². The fourth-order valence-electron chi connectivity index (χ4n) is 1.16. The summed E-state index contributed by atoms with van der Waals surface area (Å²) in [6.07, 6.45) is 1.47. The molecule has 74 valence electrons. The fourth-order valence-corrected chi connectivity index (χ4v) is 1.16. The molecular formula is C10H9N5. The van der Waals surface area contributed by atoms with E-state index in [-0.39, 0.29) is 0 Å². The van der Waals surface area contributed by atoms with Gasteiger partial charge < -0.3 is 5.32 Å². The molecule has 5 heteroatoms. The molecule has 0 saturated heterocycles. The Balaban J connectivity index is 1.97. The molecule has 0 radical (unpaired) electrons. The van der Waals surface area contributed by atoms with Crippen molar-refractivity contribution in [1.29, 1.82) is 5.26 Å². The lowest BCUT2D eigenvalue weighted by Gasteiger charge is -2.03. The Kier molecular flexibility index (Phi) is 2.61. The van der Waals surface area contributed by atoms with E-state index in [2.05, 4.69) is 26.6 Å². The van der Waals surface area contributed by atoms with E-state index in [1.807, 2.05) is 12.1 Å². The first-order chi connectivity index (χ1) is 7.38. The number of rotatable bonds is 3. The summed E-state index contributed by atoms with van der Waals surface area (Å²) in [6, 6.07) is 9.31. The normalized spacial score (nSPS) is 9.53. The maximum Gasteiger partial charge on any atom is 0.143 e. The van der Waals surface area contributed by atoms with Crippen molar-refractivity contribution in [2.75, 3.05) is 5.32 Å². The van der Waals surface area contributed by atoms with Crippen LogP contribution in [0.4, 0.5) is 5.69 Å². The summed E-state index contributed by atoms with van der Waals surface area (Å²) in [6.45, 7) is 0.589. The van der Waals surface area contributed by atoms with Crippen LogP contribution in [-0.4, -0.2) is 15.2 Å². The minimum Gasteiger partial charge on any atom is -0.378 e. The van der Waals surface area contributed by atoms with Crippen LogP contribution in [0.2, 0.25) is 0 Å². The van der Waals surface area contributed by atoms with Crippen LogP contribution < -0.4 is 5.32 Å². The van der Waals surface area contributed by atoms with Crippen LogP contribution in [0.5, 0.6) is 0 Å². The summed E-state index contributed by atoms with van der Waals surface area (Å²) < 4.78 is 0. The molecular weight excluding hydrogens is 190 g/mol. The number of nitriles is 1. The minimum absolute atomic E-state index is 0.589. The van der Waals surface area contributed by atoms with Gasteiger partial charge in [0.15, 0.2) is 0 Å². The lowest BCUT2D eigenvalue weighted by Crippen LogP contribution is -2.00. The van der Waals surface area contributed by atoms with Crippen LogP contribution >= 0.6 is 0 Å². The van der Waals surface area contributed by atoms with Gasteiger partial charge in [-0.25, -0.2) is 4.98 Å². The highest BCUT2D eigenvalue weighted by atomic mass is 15.2. The van der Waals surface area contributed by atoms with Crippen molar-refractivity contribution in [3.8, 4) is 6.07 Å². The van der Waals surface area contributed by atoms with Crippen molar-refractivity contribution in [2.45, 2.75) is 6.54 Å². The van der Waals surface area contributed by atoms with Crippen LogP contribution in [0.1, 0.15) is 11.4 Å². The van der Waals surface area contributed by atoms with Crippen LogP contribution in [0.3, 0.4) is 0 Å². The largest absolute Gasteiger partial charge is 0.378 e. The van der Waals surface area contributed by atoms with E-state index in [0.717, 1.165) is 11.5 Å². The summed E-state index contributed by atoms with van der Waals surface area (Å²) in [5.41, 5.74) is 1.60. The molecule has 0 amide bonds. The van der Waals surface area contributed by atoms with E-state index >= 15 is 0 Å². The Morgan fingerprint density at radius 3 is 2.73 bits per heavy atom. The molecule has 1 aromatic carbocycles. The molecule has 2 N–H and O–H groups in total. The molecule has 0 atom stereocenters. The number of benzene rings is 1. The average molecular weight is 199 g/mol. The fraction of sp³-hybridized carbons (Fsp3) is 0.100. The van der Waals surface area contributed by atoms with Gasteiger partial charge in [0.1, 0.15) is 12.2 Å². The van der Waals surface area contributed by atoms with Crippen LogP contribution in [-0.2, 0) is 6.54 Å². The van der Waals surface area contributed by atoms with Gasteiger partial charge in [0.05, 0.1) is 18.2 Å². The molecule has 0 fully saturated rings. The zero-order valence-corrected chi connectivity index (χ0v) is 7.94. The summed E-state index contributed by atoms with van der Waals surface area (Å²) in [5, 5.41) is 18.3. The Labute approximate surface area is 86.8 Å². The first-order valence-electron chi connectivity index (χ1n) is 4.47. The van der Waals surface area contributed by atoms with E-state index < -0.39 is 0 Å². The lowest BCUT2D eigenvalue weighted by atomic mass is 10.2. The number of hydrogen-bond acceptors (Lipinski definition) is 4. The number of H-pyrrole nitrogens is 1. The molecule has 0 aliphatic heterocycles. The maximum absolute atomic E-state index is 8.61. The number of nitrogens with zero attached hydrogens (tertiary/aromatic N) is 3. The molecule has 0 bridgehead atoms. The van der Waals surface area contributed by atoms with Crippen LogP contribution in [0.15, 0.2) is 30.6 Å². The Hall–Kier alpha value is -2.35. The predicted octanol–water partition coefficient (Wildman–Crippen LogP) is 1.29. The smallest absolute Gasteiger partial charge is 0.143 e. The average Bonchev–Trinajstić information content (AvgIpc) is 2.80. The second-order valence-corrected chi connectivity index (χ2v) is 2.97. The molecule has 0 unspecified atom stereocenters. The highest BCUT2D eigenvalue weighted by Gasteiger charge is 1.96. The summed E-state index contributed by atoms with van der Waals surface area (Å²) >= 11 is 0. The van der Waals surface area contributed by atoms with Crippen molar-refractivity contribution < 1.29 is 0 Å². The van der Waals surface area contributed by atoms with E-state index in [4.69, 9.17) is 5.26 Å². The first-order valence-corrected chi connectivity index (χ1v) is 4.47. The standard InChI is InChI=1S/C10H9N5/c11-5-8-1-3-9(4-2-8)12-6-10-13-7-14-15-10/h1-4,7,12H,6H2,(H,13,14,15). The molecule has 15 heavy (non-hydrogen) atoms. The summed E-state index contributed by atoms with van der Waals surface area (Å²) in [5.74, 6) is 0.777. The lowest BCUT2D eigenvalue weighted by molar-refractivity contribution is 0.955. The van der Waals surface area contributed by atoms with Crippen molar-refractivity contribution in [3.05, 3.63) is 42.0 Å². The van der Waals surface area contributed by atoms with Crippen molar-refractivity contribution >= 4 is 5.69 Å². The molecule has 2 aromatic rings. The van der Waals surface area contributed by atoms with E-state index in [1.54, 1.807) is 12.1 Å². The maximum atomic E-state index is 8.61. The number of aromatic nitrogens is 3. The SMILES string of the molecule is N#Cc1ccc(NCc2ncn[nH]2)cc1. The van der Waals surface area contributed by atoms with Gasteiger partial charge in [0.25, 0.3) is 0 Å². The monoisotopic (exact) mass is 199 g/mol. The minimum atomic E-state index is 0.589. The molecule has 0 spiro atoms. The molecule has 2 rings (SSSR count). The summed E-state index contributed by atoms with van der Waals surface area (Å²) in [7, 11) is 0. The number of nitrogens with one attached hydrogen (secondary N) is 2. The highest BCUT2D eigenvalue weighted by molar-refractivity contribution is 5.47. The third-order valence-corrected chi connectivity index (χ3v) is 1.94. The van der Waals surface area contributed by atoms with Gasteiger partial charge in [-0.05, 0) is 24.3 Å². The molecule has 1 aromatic heterocycles. The van der Waals surface area contributed by atoms with Gasteiger partial charge in [-0.3, -0.25) is 5.10 Å². The van der Waals surface area contributed by atoms with Gasteiger partial charge >= 0.3 is 0 Å². The topological polar surface area (TPSA) is 77.4 Å². The van der Waals surface area contributed by atoms with Gasteiger partial charge in [-0.15, -0.1) is 0 Å². The third kappa shape index (κ3) is 2.31. The van der Waals surface area contributed by atoms with Gasteiger partial charge in [0, 0.05) is 5.69 Å². The van der Waals surface area contributed by atoms with E-state index in [0.29, 0.717) is 12.1 Å². The molecule has 5 nitrogen and oxygen atoms in total. The zero-order valence-electron chi connectivity index (χ0n) is 7.94. The zero-order chi connectivity index (χ0) is 10.5. The number of aromatic amines is 1. The summed E-state index contributed by atoms with van der Waals surface area (Å²) in [4.78, 5) is 3.98. The van der Waals surface area contributed by atoms with Crippen LogP contribution in [0, 0.1) is 11.3 Å². The Morgan fingerprint density at radius 1 is 1.33 bits per heavy atom. The predicted molar refractivity (Wildman–Crippen MR) is 54.9 cm³/mol. The third-order valence-electron chi connectivity index (χ3n) is 1.94.